The quantitative estimate of drug-likeness (QED) is 0.637. The van der Waals surface area contributed by atoms with Gasteiger partial charge in [0.05, 0.1) is 5.39 Å². The fourth-order valence-corrected chi connectivity index (χ4v) is 3.36. The van der Waals surface area contributed by atoms with Crippen LogP contribution in [0.1, 0.15) is 22.1 Å². The highest BCUT2D eigenvalue weighted by Gasteiger charge is 2.34. The normalized spacial score (nSPS) is 14.9. The highest BCUT2D eigenvalue weighted by atomic mass is 19.4. The minimum absolute atomic E-state index is 0.0243. The Morgan fingerprint density at radius 2 is 1.77 bits per heavy atom. The molecule has 1 aliphatic heterocycles. The van der Waals surface area contributed by atoms with Crippen LogP contribution < -0.4 is 10.3 Å². The molecular formula is C20H17F3N4O3. The fraction of sp³-hybridized carbons (Fsp3) is 0.300. The van der Waals surface area contributed by atoms with Gasteiger partial charge in [0, 0.05) is 38.3 Å². The number of alkyl halides is 3. The standard InChI is InChI=1S/C20H17F3N4O3/c1-12-24-17(20(21,22)23)11-18(25-12)26-6-8-27(9-7-26)19(29)16-10-14(28)13-4-2-3-5-15(13)30-16/h2-5,10-11H,6-9H2,1H3. The van der Waals surface area contributed by atoms with Crippen molar-refractivity contribution in [1.29, 1.82) is 0 Å². The molecule has 0 bridgehead atoms. The van der Waals surface area contributed by atoms with E-state index < -0.39 is 17.8 Å². The van der Waals surface area contributed by atoms with Crippen molar-refractivity contribution in [2.24, 2.45) is 0 Å². The molecule has 1 aliphatic rings. The van der Waals surface area contributed by atoms with Crippen molar-refractivity contribution in [2.45, 2.75) is 13.1 Å². The monoisotopic (exact) mass is 418 g/mol. The Hall–Kier alpha value is -3.43. The van der Waals surface area contributed by atoms with Crippen molar-refractivity contribution in [1.82, 2.24) is 14.9 Å². The molecule has 0 radical (unpaired) electrons. The van der Waals surface area contributed by atoms with Crippen molar-refractivity contribution in [3.63, 3.8) is 0 Å². The highest BCUT2D eigenvalue weighted by molar-refractivity contribution is 5.93. The molecule has 1 fully saturated rings. The van der Waals surface area contributed by atoms with Gasteiger partial charge in [0.2, 0.25) is 0 Å². The van der Waals surface area contributed by atoms with Gasteiger partial charge in [-0.25, -0.2) is 9.97 Å². The molecule has 0 spiro atoms. The van der Waals surface area contributed by atoms with Crippen molar-refractivity contribution in [3.05, 3.63) is 63.9 Å². The minimum Gasteiger partial charge on any atom is -0.451 e. The molecule has 3 aromatic rings. The number of piperazine rings is 1. The van der Waals surface area contributed by atoms with Crippen LogP contribution in [0.2, 0.25) is 0 Å². The van der Waals surface area contributed by atoms with Crippen LogP contribution in [0, 0.1) is 6.92 Å². The van der Waals surface area contributed by atoms with Gasteiger partial charge in [-0.2, -0.15) is 13.2 Å². The molecule has 3 heterocycles. The Morgan fingerprint density at radius 3 is 2.47 bits per heavy atom. The van der Waals surface area contributed by atoms with Crippen LogP contribution in [0.3, 0.4) is 0 Å². The van der Waals surface area contributed by atoms with E-state index in [1.807, 2.05) is 0 Å². The SMILES string of the molecule is Cc1nc(N2CCN(C(=O)c3cc(=O)c4ccccc4o3)CC2)cc(C(F)(F)F)n1. The summed E-state index contributed by atoms with van der Waals surface area (Å²) in [4.78, 5) is 35.7. The summed E-state index contributed by atoms with van der Waals surface area (Å²) in [6.07, 6.45) is -4.56. The van der Waals surface area contributed by atoms with Gasteiger partial charge in [0.15, 0.2) is 11.2 Å². The number of carbonyl (C=O) groups excluding carboxylic acids is 1. The summed E-state index contributed by atoms with van der Waals surface area (Å²) in [5.74, 6) is -0.313. The molecule has 1 aromatic carbocycles. The van der Waals surface area contributed by atoms with Crippen molar-refractivity contribution in [2.75, 3.05) is 31.1 Å². The van der Waals surface area contributed by atoms with Gasteiger partial charge in [-0.1, -0.05) is 12.1 Å². The molecular weight excluding hydrogens is 401 g/mol. The van der Waals surface area contributed by atoms with Crippen molar-refractivity contribution >= 4 is 22.7 Å². The summed E-state index contributed by atoms with van der Waals surface area (Å²) >= 11 is 0. The van der Waals surface area contributed by atoms with E-state index in [9.17, 15) is 22.8 Å². The molecule has 0 N–H and O–H groups in total. The van der Waals surface area contributed by atoms with E-state index in [1.54, 1.807) is 29.2 Å². The van der Waals surface area contributed by atoms with E-state index in [4.69, 9.17) is 4.42 Å². The fourth-order valence-electron chi connectivity index (χ4n) is 3.36. The zero-order chi connectivity index (χ0) is 21.5. The lowest BCUT2D eigenvalue weighted by Crippen LogP contribution is -2.49. The molecule has 2 aromatic heterocycles. The number of aromatic nitrogens is 2. The lowest BCUT2D eigenvalue weighted by molar-refractivity contribution is -0.141. The Bertz CT molecular complexity index is 1170. The van der Waals surface area contributed by atoms with Gasteiger partial charge in [-0.05, 0) is 19.1 Å². The first kappa shape index (κ1) is 19.9. The van der Waals surface area contributed by atoms with E-state index in [2.05, 4.69) is 9.97 Å². The van der Waals surface area contributed by atoms with Crippen molar-refractivity contribution in [3.8, 4) is 0 Å². The predicted molar refractivity (Wildman–Crippen MR) is 102 cm³/mol. The van der Waals surface area contributed by atoms with E-state index in [-0.39, 0.29) is 49.0 Å². The predicted octanol–water partition coefficient (Wildman–Crippen LogP) is 2.87. The Balaban J connectivity index is 1.51. The smallest absolute Gasteiger partial charge is 0.433 e. The summed E-state index contributed by atoms with van der Waals surface area (Å²) < 4.78 is 44.6. The molecule has 30 heavy (non-hydrogen) atoms. The number of halogens is 3. The first-order chi connectivity index (χ1) is 14.2. The lowest BCUT2D eigenvalue weighted by Gasteiger charge is -2.35. The van der Waals surface area contributed by atoms with Crippen LogP contribution in [0.15, 0.2) is 45.6 Å². The van der Waals surface area contributed by atoms with Gasteiger partial charge < -0.3 is 14.2 Å². The number of aryl methyl sites for hydroxylation is 1. The van der Waals surface area contributed by atoms with E-state index >= 15 is 0 Å². The number of hydrogen-bond acceptors (Lipinski definition) is 6. The van der Waals surface area contributed by atoms with Crippen LogP contribution in [-0.4, -0.2) is 47.0 Å². The number of para-hydroxylation sites is 1. The van der Waals surface area contributed by atoms with Crippen LogP contribution in [0.5, 0.6) is 0 Å². The molecule has 1 amide bonds. The third kappa shape index (κ3) is 3.85. The van der Waals surface area contributed by atoms with E-state index in [0.717, 1.165) is 6.07 Å². The second-order valence-corrected chi connectivity index (χ2v) is 6.91. The van der Waals surface area contributed by atoms with Crippen molar-refractivity contribution < 1.29 is 22.4 Å². The molecule has 156 valence electrons. The largest absolute Gasteiger partial charge is 0.451 e. The van der Waals surface area contributed by atoms with Gasteiger partial charge in [-0.15, -0.1) is 0 Å². The number of amides is 1. The van der Waals surface area contributed by atoms with Gasteiger partial charge in [-0.3, -0.25) is 9.59 Å². The highest BCUT2D eigenvalue weighted by Crippen LogP contribution is 2.30. The van der Waals surface area contributed by atoms with Crippen LogP contribution in [0.4, 0.5) is 19.0 Å². The van der Waals surface area contributed by atoms with Crippen LogP contribution in [-0.2, 0) is 6.18 Å². The average molecular weight is 418 g/mol. The van der Waals surface area contributed by atoms with Crippen LogP contribution in [0.25, 0.3) is 11.0 Å². The lowest BCUT2D eigenvalue weighted by atomic mass is 10.2. The van der Waals surface area contributed by atoms with Gasteiger partial charge in [0.1, 0.15) is 22.9 Å². The number of fused-ring (bicyclic) bond motifs is 1. The molecule has 0 unspecified atom stereocenters. The molecule has 10 heteroatoms. The van der Waals surface area contributed by atoms with Gasteiger partial charge >= 0.3 is 6.18 Å². The molecule has 0 aliphatic carbocycles. The first-order valence-electron chi connectivity index (χ1n) is 9.22. The zero-order valence-electron chi connectivity index (χ0n) is 15.9. The Kier molecular flexibility index (Phi) is 4.92. The van der Waals surface area contributed by atoms with E-state index in [1.165, 1.54) is 17.9 Å². The number of anilines is 1. The topological polar surface area (TPSA) is 79.5 Å². The first-order valence-corrected chi connectivity index (χ1v) is 9.22. The van der Waals surface area contributed by atoms with E-state index in [0.29, 0.717) is 11.0 Å². The molecule has 7 nitrogen and oxygen atoms in total. The summed E-state index contributed by atoms with van der Waals surface area (Å²) in [6, 6.07) is 8.72. The van der Waals surface area contributed by atoms with Crippen LogP contribution >= 0.6 is 0 Å². The molecule has 0 atom stereocenters. The molecule has 0 saturated carbocycles. The Morgan fingerprint density at radius 1 is 1.07 bits per heavy atom. The molecule has 1 saturated heterocycles. The molecule has 4 rings (SSSR count). The minimum atomic E-state index is -4.56. The number of carbonyl (C=O) groups is 1. The summed E-state index contributed by atoms with van der Waals surface area (Å²) in [7, 11) is 0. The Labute approximate surface area is 168 Å². The average Bonchev–Trinajstić information content (AvgIpc) is 2.72. The maximum atomic E-state index is 13.0. The third-order valence-electron chi connectivity index (χ3n) is 4.85. The number of hydrogen-bond donors (Lipinski definition) is 0. The van der Waals surface area contributed by atoms with Gasteiger partial charge in [0.25, 0.3) is 5.91 Å². The zero-order valence-corrected chi connectivity index (χ0v) is 15.9. The maximum Gasteiger partial charge on any atom is 0.433 e. The number of benzene rings is 1. The maximum absolute atomic E-state index is 13.0. The summed E-state index contributed by atoms with van der Waals surface area (Å²) in [5.41, 5.74) is -0.987. The second-order valence-electron chi connectivity index (χ2n) is 6.91. The summed E-state index contributed by atoms with van der Waals surface area (Å²) in [5, 5.41) is 0.387. The summed E-state index contributed by atoms with van der Waals surface area (Å²) in [6.45, 7) is 2.48. The second kappa shape index (κ2) is 7.43. The third-order valence-corrected chi connectivity index (χ3v) is 4.85. The number of nitrogens with zero attached hydrogens (tertiary/aromatic N) is 4. The number of rotatable bonds is 2.